The number of rotatable bonds is 0. The van der Waals surface area contributed by atoms with Gasteiger partial charge in [-0.1, -0.05) is 7.43 Å². The minimum Gasteiger partial charge on any atom is -0.219 e. The Morgan fingerprint density at radius 3 is 1.00 bits per heavy atom. The number of hydrogen-bond acceptors (Lipinski definition) is 2. The van der Waals surface area contributed by atoms with Crippen molar-refractivity contribution in [2.45, 2.75) is 7.43 Å². The van der Waals surface area contributed by atoms with Crippen LogP contribution in [-0.2, 0) is 0 Å². The minimum atomic E-state index is -0.750. The molecule has 0 rings (SSSR count). The Hall–Kier alpha value is -1.60. The lowest BCUT2D eigenvalue weighted by Crippen LogP contribution is -2.08. The van der Waals surface area contributed by atoms with Crippen molar-refractivity contribution in [3.63, 3.8) is 0 Å². The van der Waals surface area contributed by atoms with Gasteiger partial charge < -0.3 is 0 Å². The van der Waals surface area contributed by atoms with Crippen molar-refractivity contribution in [2.24, 2.45) is 11.7 Å². The third kappa shape index (κ3) is 48.4. The molecule has 0 unspecified atom stereocenters. The van der Waals surface area contributed by atoms with Gasteiger partial charge in [-0.15, -0.1) is 11.7 Å². The molecule has 0 radical (unpaired) electrons. The van der Waals surface area contributed by atoms with Crippen LogP contribution in [0.3, 0.4) is 0 Å². The predicted octanol–water partition coefficient (Wildman–Crippen LogP) is -1.31. The van der Waals surface area contributed by atoms with Crippen LogP contribution in [0.15, 0.2) is 0 Å². The van der Waals surface area contributed by atoms with Crippen molar-refractivity contribution in [3.8, 4) is 0 Å². The third-order valence-corrected chi connectivity index (χ3v) is 0. The second-order valence-corrected chi connectivity index (χ2v) is 0.605. The SMILES string of the molecule is C.N[N+](=O)O.N[N+](=O)O. The van der Waals surface area contributed by atoms with Gasteiger partial charge in [0.15, 0.2) is 0 Å². The minimum absolute atomic E-state index is 0. The molecular weight excluding hydrogens is 132 g/mol. The molecule has 0 saturated carbocycles. The zero-order valence-electron chi connectivity index (χ0n) is 3.76. The topological polar surface area (TPSA) is 133 Å². The highest BCUT2D eigenvalue weighted by atomic mass is 16.7. The molecule has 0 amide bonds. The zero-order chi connectivity index (χ0) is 7.15. The molecule has 0 fully saturated rings. The van der Waals surface area contributed by atoms with Gasteiger partial charge in [-0.3, -0.25) is 0 Å². The summed E-state index contributed by atoms with van der Waals surface area (Å²) in [7, 11) is 0. The Labute approximate surface area is 50.7 Å². The van der Waals surface area contributed by atoms with Crippen LogP contribution >= 0.6 is 0 Å². The normalized spacial score (nSPS) is 5.33. The quantitative estimate of drug-likeness (QED) is 0.245. The second-order valence-electron chi connectivity index (χ2n) is 0.605. The van der Waals surface area contributed by atoms with Crippen LogP contribution in [0.1, 0.15) is 7.43 Å². The van der Waals surface area contributed by atoms with Gasteiger partial charge in [-0.2, -0.15) is 0 Å². The molecule has 0 aromatic heterocycles. The lowest BCUT2D eigenvalue weighted by Gasteiger charge is -1.48. The van der Waals surface area contributed by atoms with Gasteiger partial charge in [0.1, 0.15) is 9.81 Å². The molecule has 0 aliphatic heterocycles. The summed E-state index contributed by atoms with van der Waals surface area (Å²) in [4.78, 5) is 17.4. The summed E-state index contributed by atoms with van der Waals surface area (Å²) in [5.41, 5.74) is 0. The van der Waals surface area contributed by atoms with Crippen molar-refractivity contribution >= 4 is 0 Å². The Balaban J connectivity index is -0.0000000720. The zero-order valence-corrected chi connectivity index (χ0v) is 3.76. The maximum Gasteiger partial charge on any atom is 0.352 e. The molecule has 0 aromatic rings. The van der Waals surface area contributed by atoms with E-state index in [1.54, 1.807) is 0 Å². The molecular formula is CH10N4O4+2. The molecule has 9 heavy (non-hydrogen) atoms. The Bertz CT molecular complexity index is 70.6. The number of nitrogens with two attached hydrogens (primary N) is 2. The molecule has 0 spiro atoms. The van der Waals surface area contributed by atoms with Gasteiger partial charge >= 0.3 is 10.1 Å². The average Bonchev–Trinajstić information content (AvgIpc) is 1.25. The first-order valence-corrected chi connectivity index (χ1v) is 1.28. The first-order chi connectivity index (χ1) is 3.46. The van der Waals surface area contributed by atoms with Gasteiger partial charge in [0.25, 0.3) is 0 Å². The Morgan fingerprint density at radius 1 is 1.00 bits per heavy atom. The van der Waals surface area contributed by atoms with E-state index in [1.807, 2.05) is 0 Å². The highest BCUT2D eigenvalue weighted by Gasteiger charge is 1.73. The summed E-state index contributed by atoms with van der Waals surface area (Å²) in [5.74, 6) is 7.89. The van der Waals surface area contributed by atoms with E-state index in [2.05, 4.69) is 11.7 Å². The fraction of sp³-hybridized carbons (Fsp3) is 1.00. The predicted molar refractivity (Wildman–Crippen MR) is 25.9 cm³/mol. The largest absolute Gasteiger partial charge is 0.352 e. The van der Waals surface area contributed by atoms with Crippen molar-refractivity contribution in [1.82, 2.24) is 0 Å². The van der Waals surface area contributed by atoms with Crippen LogP contribution in [0.25, 0.3) is 0 Å². The lowest BCUT2D eigenvalue weighted by atomic mass is 12.0. The summed E-state index contributed by atoms with van der Waals surface area (Å²) in [6.07, 6.45) is 0. The third-order valence-electron chi connectivity index (χ3n) is 0. The van der Waals surface area contributed by atoms with Gasteiger partial charge in [0, 0.05) is 0 Å². The first-order valence-electron chi connectivity index (χ1n) is 1.28. The summed E-state index contributed by atoms with van der Waals surface area (Å²) in [5, 5.41) is 12.7. The molecule has 0 aliphatic rings. The molecule has 0 aromatic carbocycles. The fourth-order valence-electron chi connectivity index (χ4n) is 0. The van der Waals surface area contributed by atoms with Crippen molar-refractivity contribution in [1.29, 1.82) is 0 Å². The summed E-state index contributed by atoms with van der Waals surface area (Å²) in [6.45, 7) is 0. The van der Waals surface area contributed by atoms with E-state index in [1.165, 1.54) is 0 Å². The van der Waals surface area contributed by atoms with E-state index in [0.29, 0.717) is 0 Å². The molecule has 0 aliphatic carbocycles. The summed E-state index contributed by atoms with van der Waals surface area (Å²) in [6, 6.07) is 0. The van der Waals surface area contributed by atoms with E-state index in [4.69, 9.17) is 20.2 Å². The Morgan fingerprint density at radius 2 is 1.00 bits per heavy atom. The first kappa shape index (κ1) is 15.7. The maximum absolute atomic E-state index is 8.69. The molecule has 8 nitrogen and oxygen atoms in total. The van der Waals surface area contributed by atoms with Crippen LogP contribution in [0, 0.1) is 9.81 Å². The van der Waals surface area contributed by atoms with E-state index >= 15 is 0 Å². The summed E-state index contributed by atoms with van der Waals surface area (Å²) < 4.78 is 0. The maximum atomic E-state index is 8.69. The fourth-order valence-corrected chi connectivity index (χ4v) is 0. The molecule has 56 valence electrons. The molecule has 6 N–H and O–H groups in total. The van der Waals surface area contributed by atoms with Gasteiger partial charge in [-0.05, 0) is 0 Å². The van der Waals surface area contributed by atoms with Crippen LogP contribution in [0.4, 0.5) is 0 Å². The van der Waals surface area contributed by atoms with Crippen molar-refractivity contribution in [2.75, 3.05) is 0 Å². The molecule has 0 bridgehead atoms. The smallest absolute Gasteiger partial charge is 0.219 e. The van der Waals surface area contributed by atoms with Crippen LogP contribution in [-0.4, -0.2) is 20.5 Å². The number of nitrogens with zero attached hydrogens (tertiary/aromatic N) is 2. The molecule has 0 heterocycles. The van der Waals surface area contributed by atoms with Gasteiger partial charge in [0.05, 0.1) is 0 Å². The van der Waals surface area contributed by atoms with E-state index in [0.717, 1.165) is 0 Å². The van der Waals surface area contributed by atoms with Crippen LogP contribution < -0.4 is 11.7 Å². The van der Waals surface area contributed by atoms with E-state index in [9.17, 15) is 0 Å². The standard InChI is InChI=1S/CH4.2H3N2O2/c;2*1-2(3)4/h1H4;2*1H2,(H,3,4)/q;2*+1. The summed E-state index contributed by atoms with van der Waals surface area (Å²) >= 11 is 0. The number of hydrazine groups is 2. The average molecular weight is 142 g/mol. The lowest BCUT2D eigenvalue weighted by molar-refractivity contribution is -0.801. The Kier molecular flexibility index (Phi) is 16.8. The van der Waals surface area contributed by atoms with Gasteiger partial charge in [-0.25, -0.2) is 10.4 Å². The van der Waals surface area contributed by atoms with E-state index in [-0.39, 0.29) is 7.43 Å². The van der Waals surface area contributed by atoms with Crippen molar-refractivity contribution < 1.29 is 20.5 Å². The molecule has 0 atom stereocenters. The highest BCUT2D eigenvalue weighted by molar-refractivity contribution is 3.60. The molecule has 8 heteroatoms. The molecule has 0 saturated heterocycles. The second kappa shape index (κ2) is 9.64. The van der Waals surface area contributed by atoms with Crippen LogP contribution in [0.5, 0.6) is 0 Å². The highest BCUT2D eigenvalue weighted by Crippen LogP contribution is 1.21. The van der Waals surface area contributed by atoms with Crippen LogP contribution in [0.2, 0.25) is 0 Å². The monoisotopic (exact) mass is 142 g/mol. The number of hydrogen-bond donors (Lipinski definition) is 4. The van der Waals surface area contributed by atoms with Crippen molar-refractivity contribution in [3.05, 3.63) is 9.81 Å². The van der Waals surface area contributed by atoms with Gasteiger partial charge in [0.2, 0.25) is 0 Å². The van der Waals surface area contributed by atoms with E-state index < -0.39 is 10.1 Å².